The van der Waals surface area contributed by atoms with Crippen molar-refractivity contribution in [1.29, 1.82) is 0 Å². The van der Waals surface area contributed by atoms with Crippen molar-refractivity contribution in [2.24, 2.45) is 5.41 Å². The van der Waals surface area contributed by atoms with Gasteiger partial charge >= 0.3 is 0 Å². The van der Waals surface area contributed by atoms with Crippen molar-refractivity contribution in [3.8, 4) is 0 Å². The Bertz CT molecular complexity index is 505. The lowest BCUT2D eigenvalue weighted by atomic mass is 9.89. The molecule has 0 spiro atoms. The summed E-state index contributed by atoms with van der Waals surface area (Å²) in [5, 5.41) is 3.01. The summed E-state index contributed by atoms with van der Waals surface area (Å²) < 4.78 is 2.34. The second kappa shape index (κ2) is 16.5. The number of rotatable bonds is 13. The first kappa shape index (κ1) is 41.2. The Kier molecular flexibility index (Phi) is 21.9. The molecule has 6 nitrogen and oxygen atoms in total. The minimum Gasteiger partial charge on any atom is -1.00 e. The van der Waals surface area contributed by atoms with Gasteiger partial charge in [0.25, 0.3) is 0 Å². The highest BCUT2D eigenvalue weighted by molar-refractivity contribution is 5.81. The summed E-state index contributed by atoms with van der Waals surface area (Å²) in [5.74, 6) is 0.320. The van der Waals surface area contributed by atoms with Gasteiger partial charge in [-0.25, -0.2) is 0 Å². The smallest absolute Gasteiger partial charge is 0.229 e. The highest BCUT2D eigenvalue weighted by Crippen LogP contribution is 2.19. The molecule has 0 rings (SSSR count). The number of quaternary nitrogens is 3. The zero-order valence-corrected chi connectivity index (χ0v) is 23.2. The molecule has 0 bridgehead atoms. The van der Waals surface area contributed by atoms with E-state index < -0.39 is 0 Å². The predicted molar refractivity (Wildman–Crippen MR) is 120 cm³/mol. The number of halogens is 3. The molecule has 192 valence electrons. The average Bonchev–Trinajstić information content (AvgIpc) is 2.49. The van der Waals surface area contributed by atoms with Gasteiger partial charge in [-0.05, 0) is 6.42 Å². The zero-order chi connectivity index (χ0) is 21.5. The standard InChI is InChI=1S/C21H46N4O2.CH4.3ClH/c1-11-21(2,3)20(27)22-18-25(9,10)17-19(26)13-16-24(7,8)15-12-14-23(4,5)6;;;;/h11-18H2,1-10H3;1H4;3*1H/q+2;;;;/p-2. The van der Waals surface area contributed by atoms with Crippen molar-refractivity contribution in [2.75, 3.05) is 82.2 Å². The van der Waals surface area contributed by atoms with Crippen LogP contribution in [0, 0.1) is 5.41 Å². The Balaban J connectivity index is -0.000000563. The van der Waals surface area contributed by atoms with E-state index in [9.17, 15) is 9.59 Å². The van der Waals surface area contributed by atoms with Crippen LogP contribution in [-0.4, -0.2) is 107 Å². The van der Waals surface area contributed by atoms with Gasteiger partial charge in [-0.1, -0.05) is 28.2 Å². The SMILES string of the molecule is C.CCC(C)(C)C(=O)NC[N+](C)(C)CC(=O)CC[N+](C)(C)CCC[N+](C)(C)C.[Cl-].[Cl-].[Cl-]. The van der Waals surface area contributed by atoms with Crippen molar-refractivity contribution in [3.05, 3.63) is 0 Å². The fourth-order valence-corrected chi connectivity index (χ4v) is 2.81. The third-order valence-electron chi connectivity index (χ3n) is 5.36. The Labute approximate surface area is 212 Å². The number of likely N-dealkylation sites (N-methyl/N-ethyl adjacent to an activating group) is 1. The summed E-state index contributed by atoms with van der Waals surface area (Å²) in [6.45, 7) is 9.95. The number of hydrogen-bond donors (Lipinski definition) is 1. The quantitative estimate of drug-likeness (QED) is 0.198. The maximum absolute atomic E-state index is 12.5. The van der Waals surface area contributed by atoms with Crippen molar-refractivity contribution in [2.45, 2.75) is 47.5 Å². The van der Waals surface area contributed by atoms with Gasteiger partial charge < -0.3 is 56.0 Å². The number of ketones is 1. The number of amides is 1. The van der Waals surface area contributed by atoms with E-state index in [1.165, 1.54) is 0 Å². The summed E-state index contributed by atoms with van der Waals surface area (Å²) in [4.78, 5) is 24.7. The highest BCUT2D eigenvalue weighted by atomic mass is 35.5. The van der Waals surface area contributed by atoms with E-state index in [1.54, 1.807) is 0 Å². The summed E-state index contributed by atoms with van der Waals surface area (Å²) in [6, 6.07) is 0. The molecule has 0 aliphatic heterocycles. The second-order valence-electron chi connectivity index (χ2n) is 11.0. The Hall–Kier alpha value is -0.110. The third kappa shape index (κ3) is 20.2. The van der Waals surface area contributed by atoms with Gasteiger partial charge in [-0.3, -0.25) is 9.59 Å². The predicted octanol–water partition coefficient (Wildman–Crippen LogP) is -6.65. The van der Waals surface area contributed by atoms with E-state index in [1.807, 2.05) is 34.9 Å². The molecule has 0 heterocycles. The van der Waals surface area contributed by atoms with Gasteiger partial charge in [0.2, 0.25) is 5.91 Å². The molecule has 9 heteroatoms. The molecule has 0 saturated heterocycles. The van der Waals surface area contributed by atoms with Crippen LogP contribution in [0.15, 0.2) is 0 Å². The molecule has 1 amide bonds. The summed E-state index contributed by atoms with van der Waals surface area (Å²) in [5.41, 5.74) is -0.364. The lowest BCUT2D eigenvalue weighted by Crippen LogP contribution is -3.00. The molecule has 1 N–H and O–H groups in total. The number of Topliss-reactive ketones (excluding diaryl/α,β-unsaturated/α-hetero) is 1. The Morgan fingerprint density at radius 1 is 0.806 bits per heavy atom. The monoisotopic (exact) mass is 508 g/mol. The fourth-order valence-electron chi connectivity index (χ4n) is 2.81. The lowest BCUT2D eigenvalue weighted by molar-refractivity contribution is -0.902. The van der Waals surface area contributed by atoms with Gasteiger partial charge in [-0.2, -0.15) is 0 Å². The van der Waals surface area contributed by atoms with E-state index in [4.69, 9.17) is 0 Å². The van der Waals surface area contributed by atoms with Gasteiger partial charge in [0, 0.05) is 11.8 Å². The number of nitrogens with one attached hydrogen (secondary N) is 1. The largest absolute Gasteiger partial charge is 1.00 e. The average molecular weight is 510 g/mol. The normalized spacial score (nSPS) is 11.8. The molecular formula is C22H51Cl3N4O2. The van der Waals surface area contributed by atoms with Gasteiger partial charge in [0.15, 0.2) is 12.5 Å². The van der Waals surface area contributed by atoms with Crippen LogP contribution < -0.4 is 42.5 Å². The van der Waals surface area contributed by atoms with Crippen LogP contribution in [0.1, 0.15) is 47.5 Å². The first-order chi connectivity index (χ1) is 12.0. The van der Waals surface area contributed by atoms with Crippen molar-refractivity contribution in [1.82, 2.24) is 5.32 Å². The molecule has 31 heavy (non-hydrogen) atoms. The number of hydrogen-bond acceptors (Lipinski definition) is 2. The molecule has 0 radical (unpaired) electrons. The second-order valence-corrected chi connectivity index (χ2v) is 11.0. The van der Waals surface area contributed by atoms with Crippen LogP contribution in [0.25, 0.3) is 0 Å². The molecule has 0 atom stereocenters. The number of carbonyl (C=O) groups excluding carboxylic acids is 2. The molecule has 0 aromatic carbocycles. The summed E-state index contributed by atoms with van der Waals surface area (Å²) >= 11 is 0. The van der Waals surface area contributed by atoms with E-state index >= 15 is 0 Å². The van der Waals surface area contributed by atoms with Gasteiger partial charge in [0.05, 0.1) is 75.4 Å². The lowest BCUT2D eigenvalue weighted by Gasteiger charge is -2.33. The third-order valence-corrected chi connectivity index (χ3v) is 5.36. The minimum atomic E-state index is -0.364. The maximum Gasteiger partial charge on any atom is 0.229 e. The Morgan fingerprint density at radius 2 is 1.29 bits per heavy atom. The van der Waals surface area contributed by atoms with Crippen LogP contribution in [0.2, 0.25) is 0 Å². The summed E-state index contributed by atoms with van der Waals surface area (Å²) in [7, 11) is 15.0. The van der Waals surface area contributed by atoms with Crippen molar-refractivity contribution >= 4 is 11.7 Å². The van der Waals surface area contributed by atoms with Crippen molar-refractivity contribution in [3.63, 3.8) is 0 Å². The van der Waals surface area contributed by atoms with Crippen LogP contribution in [0.3, 0.4) is 0 Å². The van der Waals surface area contributed by atoms with E-state index in [0.717, 1.165) is 41.4 Å². The molecule has 0 aliphatic carbocycles. The fraction of sp³-hybridized carbons (Fsp3) is 0.909. The molecule has 0 aromatic rings. The van der Waals surface area contributed by atoms with E-state index in [2.05, 4.69) is 40.6 Å². The summed E-state index contributed by atoms with van der Waals surface area (Å²) in [6.07, 6.45) is 2.55. The van der Waals surface area contributed by atoms with Crippen LogP contribution in [0.5, 0.6) is 0 Å². The zero-order valence-electron chi connectivity index (χ0n) is 20.9. The molecular weight excluding hydrogens is 459 g/mol. The van der Waals surface area contributed by atoms with Crippen molar-refractivity contribution < 1.29 is 60.3 Å². The first-order valence-corrected chi connectivity index (χ1v) is 10.2. The van der Waals surface area contributed by atoms with E-state index in [0.29, 0.717) is 24.1 Å². The maximum atomic E-state index is 12.5. The van der Waals surface area contributed by atoms with Gasteiger partial charge in [-0.15, -0.1) is 0 Å². The number of nitrogens with zero attached hydrogens (tertiary/aromatic N) is 3. The first-order valence-electron chi connectivity index (χ1n) is 10.2. The Morgan fingerprint density at radius 3 is 1.71 bits per heavy atom. The molecule has 0 unspecified atom stereocenters. The van der Waals surface area contributed by atoms with E-state index in [-0.39, 0.29) is 61.8 Å². The molecule has 0 saturated carbocycles. The molecule has 0 fully saturated rings. The molecule has 0 aromatic heterocycles. The minimum absolute atomic E-state index is 0. The van der Waals surface area contributed by atoms with Gasteiger partial charge in [0.1, 0.15) is 6.54 Å². The molecule has 0 aliphatic rings. The van der Waals surface area contributed by atoms with Crippen LogP contribution >= 0.6 is 0 Å². The van der Waals surface area contributed by atoms with Crippen LogP contribution in [0.4, 0.5) is 0 Å². The topological polar surface area (TPSA) is 46.2 Å². The highest BCUT2D eigenvalue weighted by Gasteiger charge is 2.28. The van der Waals surface area contributed by atoms with Crippen LogP contribution in [-0.2, 0) is 9.59 Å². The number of carbonyl (C=O) groups is 2.